The van der Waals surface area contributed by atoms with Crippen molar-refractivity contribution in [3.05, 3.63) is 159 Å². The standard InChI is InChI=1S/C20H22N4.2C17H25N5O.C12H14Br2N4.C10H12BrClN6.C10H12Cl2N6/c21-19-13-18(16-9-5-2-6-10-16)23-20-17(14-22-24(19)20)12-11-15-7-3-1-4-8-15;2*18-16-10-15(13-4-2-1-3-5-13)20-17-14(11-19-22(16)17)12-21-6-8-23-9-7-21;13-8-6-16-18-11(15)9(14)10(17-12(8)18)7-4-2-1-3-5-7;11-7-8(14)18-9(6(12)3-15-18)16-10(7)17-2-1-5(13)4-17;11-6-3-15-18-8(14)7(12)10(16-9(6)18)17-2-1-5(13)4-17/h1,3-4,7-8,11-14,16H,2,5-6,9-10,21H2;2*10-11,13H,1-9,12,18H2;6-7H,1-5,15H2;2*3,5H,1-2,4,13-14H2/b12-11+;;;;;/t;;;;2*5-/m....00/s1. The molecule has 0 spiro atoms. The molecule has 8 fully saturated rings. The summed E-state index contributed by atoms with van der Waals surface area (Å²) in [5.41, 5.74) is 62.2. The van der Waals surface area contributed by atoms with Crippen molar-refractivity contribution in [1.29, 1.82) is 0 Å². The summed E-state index contributed by atoms with van der Waals surface area (Å²) in [6.45, 7) is 12.0. The van der Waals surface area contributed by atoms with Gasteiger partial charge in [0.25, 0.3) is 0 Å². The van der Waals surface area contributed by atoms with E-state index in [-0.39, 0.29) is 12.1 Å². The Bertz CT molecular complexity index is 5490. The van der Waals surface area contributed by atoms with Crippen molar-refractivity contribution >= 4 is 175 Å². The maximum Gasteiger partial charge on any atom is 0.178 e. The van der Waals surface area contributed by atoms with Crippen LogP contribution in [0.4, 0.5) is 46.5 Å². The zero-order chi connectivity index (χ0) is 86.1. The summed E-state index contributed by atoms with van der Waals surface area (Å²) in [6, 6.07) is 16.6. The molecule has 4 saturated heterocycles. The van der Waals surface area contributed by atoms with Gasteiger partial charge in [-0.1, -0.05) is 148 Å². The predicted octanol–water partition coefficient (Wildman–Crippen LogP) is 15.2. The molecule has 0 amide bonds. The van der Waals surface area contributed by atoms with Gasteiger partial charge in [0.2, 0.25) is 0 Å². The highest BCUT2D eigenvalue weighted by atomic mass is 79.9. The van der Waals surface area contributed by atoms with Gasteiger partial charge < -0.3 is 65.1 Å². The van der Waals surface area contributed by atoms with E-state index in [4.69, 9.17) is 110 Å². The third kappa shape index (κ3) is 20.4. The third-order valence-corrected chi connectivity index (χ3v) is 27.8. The van der Waals surface area contributed by atoms with Crippen molar-refractivity contribution in [2.75, 3.05) is 123 Å². The molecule has 38 heteroatoms. The zero-order valence-electron chi connectivity index (χ0n) is 69.7. The van der Waals surface area contributed by atoms with Crippen LogP contribution in [0.25, 0.3) is 46.0 Å². The lowest BCUT2D eigenvalue weighted by molar-refractivity contribution is 0.0342. The summed E-state index contributed by atoms with van der Waals surface area (Å²) in [4.78, 5) is 37.4. The van der Waals surface area contributed by atoms with Crippen LogP contribution in [0.2, 0.25) is 15.1 Å². The molecule has 16 N–H and O–H groups in total. The van der Waals surface area contributed by atoms with Crippen LogP contribution >= 0.6 is 82.6 Å². The van der Waals surface area contributed by atoms with E-state index in [1.807, 2.05) is 59.9 Å². The molecule has 0 bridgehead atoms. The molecule has 4 aliphatic carbocycles. The monoisotopic (exact) mass is 1940 g/mol. The average molecular weight is 1940 g/mol. The minimum absolute atomic E-state index is 0.140. The Hall–Kier alpha value is -8.85. The topological polar surface area (TPSA) is 421 Å². The summed E-state index contributed by atoms with van der Waals surface area (Å²) in [5.74, 6) is 7.08. The molecule has 21 rings (SSSR count). The number of hydrogen-bond donors (Lipinski definition) is 8. The number of fused-ring (bicyclic) bond motifs is 6. The van der Waals surface area contributed by atoms with E-state index >= 15 is 0 Å². The Morgan fingerprint density at radius 2 is 0.790 bits per heavy atom. The summed E-state index contributed by atoms with van der Waals surface area (Å²) in [5, 5.41) is 26.9. The second-order valence-corrected chi connectivity index (χ2v) is 37.1. The highest BCUT2D eigenvalue weighted by molar-refractivity contribution is 9.11. The molecule has 0 unspecified atom stereocenters. The molecule has 658 valence electrons. The van der Waals surface area contributed by atoms with E-state index in [0.29, 0.717) is 97.3 Å². The Morgan fingerprint density at radius 3 is 1.27 bits per heavy atom. The number of nitrogens with two attached hydrogens (primary N) is 8. The van der Waals surface area contributed by atoms with Gasteiger partial charge in [0.1, 0.15) is 60.3 Å². The number of nitrogens with zero attached hydrogens (tertiary/aromatic N) is 22. The number of aromatic nitrogens is 18. The van der Waals surface area contributed by atoms with Gasteiger partial charge in [0, 0.05) is 153 Å². The van der Waals surface area contributed by atoms with Gasteiger partial charge in [-0.3, -0.25) is 9.80 Å². The van der Waals surface area contributed by atoms with E-state index in [0.717, 1.165) is 185 Å². The molecule has 4 saturated carbocycles. The molecule has 4 aliphatic heterocycles. The van der Waals surface area contributed by atoms with Crippen LogP contribution in [-0.2, 0) is 22.6 Å². The number of hydrogen-bond acceptors (Lipinski definition) is 26. The Morgan fingerprint density at radius 1 is 0.387 bits per heavy atom. The quantitative estimate of drug-likeness (QED) is 0.0563. The third-order valence-electron chi connectivity index (χ3n) is 24.8. The minimum Gasteiger partial charge on any atom is -0.384 e. The number of halogens is 6. The SMILES string of the molecule is Nc1c(Br)c(C2CCCCC2)nc2c(Br)cnn12.Nc1c(Br)c(N2CC[C@H](N)C2)nc2c(Cl)cnn12.Nc1c(Cl)c(N2CC[C@H](N)C2)nc2c(Cl)cnn12.Nc1cc(C2CCCCC2)nc2c(/C=C/c3ccccc3)cnn12.Nc1cc(C2CCCCC2)nc2c(CN3CCOCC3)cnn12.Nc1cc(C2CCCCC2)nc2c(CN3CCOCC3)cnn12. The second-order valence-electron chi connectivity index (χ2n) is 33.5. The fraction of sp³-hybridized carbons (Fsp3) is 0.488. The first-order valence-electron chi connectivity index (χ1n) is 43.5. The lowest BCUT2D eigenvalue weighted by atomic mass is 9.87. The Kier molecular flexibility index (Phi) is 29.2. The number of rotatable bonds is 12. The summed E-state index contributed by atoms with van der Waals surface area (Å²) in [6.07, 6.45) is 41.9. The summed E-state index contributed by atoms with van der Waals surface area (Å²) >= 11 is 28.8. The van der Waals surface area contributed by atoms with Crippen LogP contribution in [0.1, 0.15) is 210 Å². The van der Waals surface area contributed by atoms with Gasteiger partial charge in [-0.2, -0.15) is 57.7 Å². The van der Waals surface area contributed by atoms with Crippen molar-refractivity contribution in [1.82, 2.24) is 97.4 Å². The fourth-order valence-electron chi connectivity index (χ4n) is 18.0. The predicted molar refractivity (Wildman–Crippen MR) is 503 cm³/mol. The Balaban J connectivity index is 0.000000110. The van der Waals surface area contributed by atoms with E-state index in [2.05, 4.69) is 127 Å². The lowest BCUT2D eigenvalue weighted by Crippen LogP contribution is -2.35. The molecule has 1 aromatic carbocycles. The van der Waals surface area contributed by atoms with Crippen LogP contribution in [0.15, 0.2) is 99.1 Å². The smallest absolute Gasteiger partial charge is 0.178 e. The molecule has 12 aromatic heterocycles. The number of nitrogen functional groups attached to an aromatic ring is 6. The van der Waals surface area contributed by atoms with E-state index in [1.54, 1.807) is 24.3 Å². The first kappa shape index (κ1) is 88.6. The first-order chi connectivity index (χ1) is 60.3. The van der Waals surface area contributed by atoms with Gasteiger partial charge in [-0.25, -0.2) is 29.9 Å². The summed E-state index contributed by atoms with van der Waals surface area (Å²) < 4.78 is 23.3. The van der Waals surface area contributed by atoms with Crippen molar-refractivity contribution in [3.63, 3.8) is 0 Å². The van der Waals surface area contributed by atoms with Gasteiger partial charge in [-0.05, 0) is 124 Å². The molecule has 124 heavy (non-hydrogen) atoms. The van der Waals surface area contributed by atoms with Crippen molar-refractivity contribution < 1.29 is 9.47 Å². The molecular weight excluding hydrogens is 1830 g/mol. The van der Waals surface area contributed by atoms with Gasteiger partial charge in [-0.15, -0.1) is 0 Å². The van der Waals surface area contributed by atoms with Crippen LogP contribution in [-0.4, -0.2) is 188 Å². The molecule has 0 radical (unpaired) electrons. The molecule has 32 nitrogen and oxygen atoms in total. The van der Waals surface area contributed by atoms with Gasteiger partial charge in [0.15, 0.2) is 39.7 Å². The van der Waals surface area contributed by atoms with Crippen LogP contribution < -0.4 is 55.7 Å². The Labute approximate surface area is 760 Å². The molecule has 13 aromatic rings. The highest BCUT2D eigenvalue weighted by Crippen LogP contribution is 2.42. The van der Waals surface area contributed by atoms with Crippen molar-refractivity contribution in [3.8, 4) is 0 Å². The molecule has 16 heterocycles. The van der Waals surface area contributed by atoms with Crippen LogP contribution in [0, 0.1) is 0 Å². The van der Waals surface area contributed by atoms with Crippen LogP contribution in [0.5, 0.6) is 0 Å². The maximum absolute atomic E-state index is 6.24. The molecule has 8 aliphatic rings. The van der Waals surface area contributed by atoms with Crippen molar-refractivity contribution in [2.45, 2.75) is 190 Å². The maximum atomic E-state index is 6.24. The van der Waals surface area contributed by atoms with E-state index in [9.17, 15) is 0 Å². The van der Waals surface area contributed by atoms with E-state index < -0.39 is 0 Å². The highest BCUT2D eigenvalue weighted by Gasteiger charge is 2.31. The van der Waals surface area contributed by atoms with E-state index in [1.165, 1.54) is 150 Å². The zero-order valence-corrected chi connectivity index (χ0v) is 76.7. The number of benzene rings is 1. The van der Waals surface area contributed by atoms with Gasteiger partial charge >= 0.3 is 0 Å². The molecular formula is C86H110Br3Cl3N30O2. The minimum atomic E-state index is 0.140. The first-order valence-corrected chi connectivity index (χ1v) is 47.0. The van der Waals surface area contributed by atoms with Crippen molar-refractivity contribution in [2.24, 2.45) is 11.5 Å². The fourth-order valence-corrected chi connectivity index (χ4v) is 20.0. The number of morpholine rings is 2. The average Bonchev–Trinajstić information content (AvgIpc) is 1.61. The molecule has 2 atom stereocenters. The summed E-state index contributed by atoms with van der Waals surface area (Å²) in [7, 11) is 0. The number of anilines is 8. The van der Waals surface area contributed by atoms with Gasteiger partial charge in [0.05, 0.1) is 78.2 Å². The lowest BCUT2D eigenvalue weighted by Gasteiger charge is -2.26. The number of ether oxygens (including phenoxy) is 2. The van der Waals surface area contributed by atoms with Crippen LogP contribution in [0.3, 0.4) is 0 Å². The largest absolute Gasteiger partial charge is 0.384 e. The normalized spacial score (nSPS) is 19.3. The second kappa shape index (κ2) is 40.8.